The van der Waals surface area contributed by atoms with Crippen LogP contribution in [0.4, 0.5) is 5.69 Å². The number of methoxy groups -OCH3 is 1. The molecule has 0 aliphatic carbocycles. The van der Waals surface area contributed by atoms with Crippen LogP contribution in [0.15, 0.2) is 83.8 Å². The second-order valence-electron chi connectivity index (χ2n) is 9.54. The first kappa shape index (κ1) is 30.7. The molecule has 9 heteroatoms. The third-order valence-corrected chi connectivity index (χ3v) is 8.41. The smallest absolute Gasteiger partial charge is 0.264 e. The summed E-state index contributed by atoms with van der Waals surface area (Å²) < 4.78 is 34.6. The minimum Gasteiger partial charge on any atom is -0.495 e. The molecule has 0 bridgehead atoms. The summed E-state index contributed by atoms with van der Waals surface area (Å²) in [5.74, 6) is -0.407. The van der Waals surface area contributed by atoms with Crippen LogP contribution in [0.2, 0.25) is 0 Å². The number of hydrogen-bond acceptors (Lipinski definition) is 5. The molecule has 2 amide bonds. The molecule has 0 aliphatic rings. The van der Waals surface area contributed by atoms with Gasteiger partial charge in [-0.05, 0) is 61.6 Å². The van der Waals surface area contributed by atoms with Gasteiger partial charge in [0.1, 0.15) is 18.3 Å². The lowest BCUT2D eigenvalue weighted by Crippen LogP contribution is -2.53. The molecule has 0 fully saturated rings. The predicted molar refractivity (Wildman–Crippen MR) is 158 cm³/mol. The minimum absolute atomic E-state index is 0.0509. The van der Waals surface area contributed by atoms with Crippen LogP contribution in [0.5, 0.6) is 5.75 Å². The monoisotopic (exact) mass is 565 g/mol. The molecule has 0 radical (unpaired) electrons. The van der Waals surface area contributed by atoms with Gasteiger partial charge in [-0.25, -0.2) is 8.42 Å². The van der Waals surface area contributed by atoms with Gasteiger partial charge in [-0.1, -0.05) is 68.4 Å². The average Bonchev–Trinajstić information content (AvgIpc) is 2.97. The molecule has 3 rings (SSSR count). The number of nitrogens with one attached hydrogen (secondary N) is 1. The number of ether oxygens (including phenoxy) is 1. The van der Waals surface area contributed by atoms with Crippen molar-refractivity contribution in [3.8, 4) is 5.75 Å². The van der Waals surface area contributed by atoms with Crippen LogP contribution in [0.3, 0.4) is 0 Å². The number of anilines is 1. The third kappa shape index (κ3) is 7.63. The van der Waals surface area contributed by atoms with Crippen molar-refractivity contribution < 1.29 is 22.7 Å². The summed E-state index contributed by atoms with van der Waals surface area (Å²) in [5.41, 5.74) is 2.08. The quantitative estimate of drug-likeness (QED) is 0.309. The highest BCUT2D eigenvalue weighted by atomic mass is 32.2. The summed E-state index contributed by atoms with van der Waals surface area (Å²) in [6.07, 6.45) is 1.66. The molecule has 3 aromatic carbocycles. The highest BCUT2D eigenvalue weighted by Crippen LogP contribution is 2.33. The lowest BCUT2D eigenvalue weighted by Gasteiger charge is -2.33. The molecule has 0 aliphatic heterocycles. The second-order valence-corrected chi connectivity index (χ2v) is 11.4. The number of sulfonamides is 1. The summed E-state index contributed by atoms with van der Waals surface area (Å²) in [7, 11) is -2.70. The van der Waals surface area contributed by atoms with Crippen molar-refractivity contribution in [2.24, 2.45) is 0 Å². The van der Waals surface area contributed by atoms with E-state index in [0.29, 0.717) is 25.1 Å². The fraction of sp³-hybridized carbons (Fsp3) is 0.355. The normalized spacial score (nSPS) is 11.9. The van der Waals surface area contributed by atoms with Gasteiger partial charge in [-0.3, -0.25) is 13.9 Å². The zero-order chi connectivity index (χ0) is 29.1. The molecule has 1 atom stereocenters. The molecule has 0 aromatic heterocycles. The van der Waals surface area contributed by atoms with E-state index in [1.54, 1.807) is 30.3 Å². The van der Waals surface area contributed by atoms with E-state index in [1.165, 1.54) is 24.1 Å². The number of carbonyl (C=O) groups is 2. The van der Waals surface area contributed by atoms with Gasteiger partial charge in [-0.15, -0.1) is 0 Å². The molecule has 8 nitrogen and oxygen atoms in total. The van der Waals surface area contributed by atoms with Crippen LogP contribution in [0.25, 0.3) is 0 Å². The molecule has 0 saturated heterocycles. The Morgan fingerprint density at radius 3 is 2.20 bits per heavy atom. The van der Waals surface area contributed by atoms with Crippen molar-refractivity contribution in [1.82, 2.24) is 10.2 Å². The van der Waals surface area contributed by atoms with Gasteiger partial charge in [0.15, 0.2) is 0 Å². The van der Waals surface area contributed by atoms with Crippen LogP contribution in [0.1, 0.15) is 37.8 Å². The summed E-state index contributed by atoms with van der Waals surface area (Å²) >= 11 is 0. The van der Waals surface area contributed by atoms with Gasteiger partial charge in [0.25, 0.3) is 10.0 Å². The number of aryl methyl sites for hydroxylation is 1. The molecule has 214 valence electrons. The fourth-order valence-electron chi connectivity index (χ4n) is 4.49. The Balaban J connectivity index is 2.05. The Morgan fingerprint density at radius 1 is 0.950 bits per heavy atom. The van der Waals surface area contributed by atoms with E-state index in [2.05, 4.69) is 5.32 Å². The Morgan fingerprint density at radius 2 is 1.60 bits per heavy atom. The van der Waals surface area contributed by atoms with Gasteiger partial charge in [-0.2, -0.15) is 0 Å². The van der Waals surface area contributed by atoms with Crippen molar-refractivity contribution >= 4 is 27.5 Å². The maximum absolute atomic E-state index is 14.1. The lowest BCUT2D eigenvalue weighted by atomic mass is 10.1. The van der Waals surface area contributed by atoms with Crippen molar-refractivity contribution in [2.45, 2.75) is 51.0 Å². The van der Waals surface area contributed by atoms with Crippen LogP contribution >= 0.6 is 0 Å². The van der Waals surface area contributed by atoms with Crippen molar-refractivity contribution in [2.75, 3.05) is 31.0 Å². The molecule has 40 heavy (non-hydrogen) atoms. The lowest BCUT2D eigenvalue weighted by molar-refractivity contribution is -0.139. The van der Waals surface area contributed by atoms with Crippen LogP contribution in [-0.2, 0) is 26.0 Å². The highest BCUT2D eigenvalue weighted by molar-refractivity contribution is 7.92. The van der Waals surface area contributed by atoms with Gasteiger partial charge >= 0.3 is 0 Å². The van der Waals surface area contributed by atoms with E-state index >= 15 is 0 Å². The number of rotatable bonds is 14. The topological polar surface area (TPSA) is 96.0 Å². The zero-order valence-electron chi connectivity index (χ0n) is 23.7. The number of carbonyl (C=O) groups excluding carboxylic acids is 2. The number of amides is 2. The van der Waals surface area contributed by atoms with Gasteiger partial charge in [0.05, 0.1) is 17.7 Å². The first-order chi connectivity index (χ1) is 19.2. The first-order valence-corrected chi connectivity index (χ1v) is 15.0. The predicted octanol–water partition coefficient (Wildman–Crippen LogP) is 4.58. The number of hydrogen-bond donors (Lipinski definition) is 1. The Bertz CT molecular complexity index is 1360. The first-order valence-electron chi connectivity index (χ1n) is 13.6. The second kappa shape index (κ2) is 14.5. The molecular weight excluding hydrogens is 526 g/mol. The van der Waals surface area contributed by atoms with Gasteiger partial charge in [0, 0.05) is 13.1 Å². The van der Waals surface area contributed by atoms with Gasteiger partial charge < -0.3 is 15.0 Å². The maximum Gasteiger partial charge on any atom is 0.264 e. The molecular formula is C31H39N3O5S. The summed E-state index contributed by atoms with van der Waals surface area (Å²) in [6.45, 7) is 5.90. The molecule has 1 N–H and O–H groups in total. The largest absolute Gasteiger partial charge is 0.495 e. The van der Waals surface area contributed by atoms with E-state index < -0.39 is 28.5 Å². The number of nitrogens with zero attached hydrogens (tertiary/aromatic N) is 2. The SMILES string of the molecule is CCCNC(=O)[C@@H](CC)N(CCc1ccccc1)C(=O)CN(c1cc(C)ccc1OC)S(=O)(=O)c1ccccc1. The van der Waals surface area contributed by atoms with Crippen molar-refractivity contribution in [3.63, 3.8) is 0 Å². The average molecular weight is 566 g/mol. The van der Waals surface area contributed by atoms with E-state index in [9.17, 15) is 18.0 Å². The van der Waals surface area contributed by atoms with E-state index in [-0.39, 0.29) is 23.0 Å². The van der Waals surface area contributed by atoms with Crippen molar-refractivity contribution in [3.05, 3.63) is 90.0 Å². The minimum atomic E-state index is -4.16. The standard InChI is InChI=1S/C31H39N3O5S/c1-5-20-32-31(36)27(6-2)33(21-19-25-13-9-7-10-14-25)30(35)23-34(28-22-24(3)17-18-29(28)39-4)40(37,38)26-15-11-8-12-16-26/h7-18,22,27H,5-6,19-21,23H2,1-4H3,(H,32,36)/t27-/m1/s1. The highest BCUT2D eigenvalue weighted by Gasteiger charge is 2.34. The summed E-state index contributed by atoms with van der Waals surface area (Å²) in [4.78, 5) is 28.8. The van der Waals surface area contributed by atoms with E-state index in [1.807, 2.05) is 57.2 Å². The zero-order valence-corrected chi connectivity index (χ0v) is 24.5. The molecule has 0 unspecified atom stereocenters. The van der Waals surface area contributed by atoms with Gasteiger partial charge in [0.2, 0.25) is 11.8 Å². The van der Waals surface area contributed by atoms with Crippen LogP contribution in [-0.4, -0.2) is 57.9 Å². The summed E-state index contributed by atoms with van der Waals surface area (Å²) in [5, 5.41) is 2.90. The number of benzene rings is 3. The molecule has 3 aromatic rings. The Kier molecular flexibility index (Phi) is 11.1. The molecule has 0 heterocycles. The van der Waals surface area contributed by atoms with E-state index in [0.717, 1.165) is 21.9 Å². The third-order valence-electron chi connectivity index (χ3n) is 6.63. The molecule has 0 spiro atoms. The fourth-order valence-corrected chi connectivity index (χ4v) is 5.93. The summed E-state index contributed by atoms with van der Waals surface area (Å²) in [6, 6.07) is 22.1. The Hall–Kier alpha value is -3.85. The van der Waals surface area contributed by atoms with Crippen LogP contribution in [0, 0.1) is 6.92 Å². The maximum atomic E-state index is 14.1. The van der Waals surface area contributed by atoms with Crippen LogP contribution < -0.4 is 14.4 Å². The molecule has 0 saturated carbocycles. The Labute approximate surface area is 238 Å². The van der Waals surface area contributed by atoms with Crippen molar-refractivity contribution in [1.29, 1.82) is 0 Å². The van der Waals surface area contributed by atoms with E-state index in [4.69, 9.17) is 4.74 Å².